The first kappa shape index (κ1) is 14.0. The minimum Gasteiger partial charge on any atom is -0.456 e. The Hall–Kier alpha value is -5.66. The Balaban J connectivity index is 1.37. The molecule has 0 radical (unpaired) electrons. The molecule has 8 aromatic carbocycles. The molecule has 0 atom stereocenters. The van der Waals surface area contributed by atoms with Gasteiger partial charge in [0, 0.05) is 10.8 Å². The van der Waals surface area contributed by atoms with E-state index < -0.39 is 60.4 Å². The largest absolute Gasteiger partial charge is 0.456 e. The van der Waals surface area contributed by atoms with Gasteiger partial charge in [0.2, 0.25) is 0 Å². The maximum Gasteiger partial charge on any atom is 0.135 e. The first-order chi connectivity index (χ1) is 27.2. The molecule has 0 unspecified atom stereocenters. The van der Waals surface area contributed by atoms with E-state index in [-0.39, 0.29) is 68.0 Å². The van der Waals surface area contributed by atoms with Crippen LogP contribution in [0.15, 0.2) is 162 Å². The normalized spacial score (nSPS) is 16.3. The lowest BCUT2D eigenvalue weighted by Crippen LogP contribution is -1.92. The van der Waals surface area contributed by atoms with E-state index in [0.29, 0.717) is 38.2 Å². The van der Waals surface area contributed by atoms with Gasteiger partial charge in [-0.15, -0.1) is 0 Å². The summed E-state index contributed by atoms with van der Waals surface area (Å²) in [4.78, 5) is 0. The van der Waals surface area contributed by atoms with Gasteiger partial charge in [0.25, 0.3) is 0 Å². The molecule has 0 saturated carbocycles. The van der Waals surface area contributed by atoms with Crippen LogP contribution in [-0.2, 0) is 0 Å². The van der Waals surface area contributed by atoms with Gasteiger partial charge in [-0.05, 0) is 89.9 Å². The molecule has 9 aromatic rings. The van der Waals surface area contributed by atoms with Crippen LogP contribution in [0.5, 0.6) is 0 Å². The Morgan fingerprint density at radius 3 is 1.84 bits per heavy atom. The van der Waals surface area contributed by atoms with Crippen molar-refractivity contribution in [1.82, 2.24) is 0 Å². The molecule has 43 heavy (non-hydrogen) atoms. The molecule has 0 aliphatic rings. The van der Waals surface area contributed by atoms with Gasteiger partial charge in [0.1, 0.15) is 11.2 Å². The standard InChI is InChI=1S/C42H26O/c1-2-15-31-27(11-1)12-10-21-33(31)42-36-19-5-3-17-34(36)41(35-18-4-6-20-37(35)42)30-14-9-13-28(25-30)29-23-24-40-38(26-29)32-16-7-8-22-39(32)43-40/h1-26H/i1D,2D,7D,8D,10D,11D,12D,15D,16D,21D,22D,23D,24D,26D. The van der Waals surface area contributed by atoms with Gasteiger partial charge in [-0.1, -0.05) is 133 Å². The molecule has 1 nitrogen and oxygen atoms in total. The molecule has 0 saturated heterocycles. The van der Waals surface area contributed by atoms with Crippen molar-refractivity contribution in [2.45, 2.75) is 0 Å². The number of rotatable bonds is 3. The van der Waals surface area contributed by atoms with Crippen molar-refractivity contribution in [3.8, 4) is 33.4 Å². The molecule has 1 aromatic heterocycles. The van der Waals surface area contributed by atoms with Crippen LogP contribution in [-0.4, -0.2) is 0 Å². The highest BCUT2D eigenvalue weighted by molar-refractivity contribution is 6.23. The Kier molecular flexibility index (Phi) is 3.07. The van der Waals surface area contributed by atoms with E-state index in [2.05, 4.69) is 0 Å². The van der Waals surface area contributed by atoms with E-state index in [1.807, 2.05) is 42.5 Å². The molecule has 0 bridgehead atoms. The van der Waals surface area contributed by atoms with Crippen LogP contribution in [0.1, 0.15) is 19.2 Å². The second-order valence-corrected chi connectivity index (χ2v) is 10.2. The van der Waals surface area contributed by atoms with Gasteiger partial charge in [-0.2, -0.15) is 0 Å². The fraction of sp³-hybridized carbons (Fsp3) is 0. The maximum atomic E-state index is 9.33. The third kappa shape index (κ3) is 3.72. The van der Waals surface area contributed by atoms with E-state index in [0.717, 1.165) is 5.56 Å². The summed E-state index contributed by atoms with van der Waals surface area (Å²) in [5.41, 5.74) is 2.01. The lowest BCUT2D eigenvalue weighted by molar-refractivity contribution is 0.669. The van der Waals surface area contributed by atoms with Crippen molar-refractivity contribution in [2.75, 3.05) is 0 Å². The highest BCUT2D eigenvalue weighted by atomic mass is 16.3. The number of hydrogen-bond acceptors (Lipinski definition) is 1. The molecule has 0 amide bonds. The monoisotopic (exact) mass is 560 g/mol. The molecule has 200 valence electrons. The average molecular weight is 561 g/mol. The van der Waals surface area contributed by atoms with Crippen LogP contribution in [0.2, 0.25) is 0 Å². The van der Waals surface area contributed by atoms with Crippen LogP contribution >= 0.6 is 0 Å². The summed E-state index contributed by atoms with van der Waals surface area (Å²) >= 11 is 0. The Morgan fingerprint density at radius 1 is 0.419 bits per heavy atom. The minimum atomic E-state index is -0.539. The van der Waals surface area contributed by atoms with E-state index in [9.17, 15) is 2.74 Å². The average Bonchev–Trinajstić information content (AvgIpc) is 3.63. The van der Waals surface area contributed by atoms with Gasteiger partial charge in [-0.25, -0.2) is 0 Å². The summed E-state index contributed by atoms with van der Waals surface area (Å²) in [5.74, 6) is 0. The molecule has 0 fully saturated rings. The first-order valence-electron chi connectivity index (χ1n) is 20.6. The zero-order chi connectivity index (χ0) is 40.5. The number of furan rings is 1. The molecule has 0 N–H and O–H groups in total. The van der Waals surface area contributed by atoms with Gasteiger partial charge < -0.3 is 4.42 Å². The van der Waals surface area contributed by atoms with Crippen LogP contribution in [0.4, 0.5) is 0 Å². The summed E-state index contributed by atoms with van der Waals surface area (Å²) in [6.07, 6.45) is 0. The number of fused-ring (bicyclic) bond motifs is 6. The molecule has 1 heterocycles. The Morgan fingerprint density at radius 2 is 1.05 bits per heavy atom. The number of hydrogen-bond donors (Lipinski definition) is 0. The van der Waals surface area contributed by atoms with Crippen LogP contribution in [0.3, 0.4) is 0 Å². The molecular formula is C42H26O. The molecule has 0 aliphatic carbocycles. The Bertz CT molecular complexity index is 3230. The highest BCUT2D eigenvalue weighted by Gasteiger charge is 2.18. The van der Waals surface area contributed by atoms with Crippen molar-refractivity contribution < 1.29 is 23.6 Å². The van der Waals surface area contributed by atoms with Gasteiger partial charge in [0.15, 0.2) is 0 Å². The molecular weight excluding hydrogens is 520 g/mol. The fourth-order valence-electron chi connectivity index (χ4n) is 5.99. The molecule has 9 rings (SSSR count). The fourth-order valence-corrected chi connectivity index (χ4v) is 5.99. The second-order valence-electron chi connectivity index (χ2n) is 10.2. The molecule has 1 heteroatoms. The lowest BCUT2D eigenvalue weighted by atomic mass is 9.84. The van der Waals surface area contributed by atoms with Crippen molar-refractivity contribution in [1.29, 1.82) is 0 Å². The summed E-state index contributed by atoms with van der Waals surface area (Å²) < 4.78 is 127. The van der Waals surface area contributed by atoms with E-state index in [1.165, 1.54) is 0 Å². The summed E-state index contributed by atoms with van der Waals surface area (Å²) in [6, 6.07) is 15.7. The van der Waals surface area contributed by atoms with Crippen LogP contribution in [0, 0.1) is 0 Å². The maximum absolute atomic E-state index is 9.33. The molecule has 0 aliphatic heterocycles. The van der Waals surface area contributed by atoms with Crippen LogP contribution < -0.4 is 0 Å². The number of benzene rings is 8. The quantitative estimate of drug-likeness (QED) is 0.196. The van der Waals surface area contributed by atoms with E-state index in [4.69, 9.17) is 20.9 Å². The van der Waals surface area contributed by atoms with Gasteiger partial charge in [-0.3, -0.25) is 0 Å². The smallest absolute Gasteiger partial charge is 0.135 e. The van der Waals surface area contributed by atoms with E-state index >= 15 is 0 Å². The van der Waals surface area contributed by atoms with Gasteiger partial charge >= 0.3 is 0 Å². The molecule has 0 spiro atoms. The third-order valence-electron chi connectivity index (χ3n) is 7.82. The van der Waals surface area contributed by atoms with E-state index in [1.54, 1.807) is 30.3 Å². The predicted octanol–water partition coefficient (Wildman–Crippen LogP) is 12.0. The van der Waals surface area contributed by atoms with Crippen LogP contribution in [0.25, 0.3) is 87.6 Å². The second kappa shape index (κ2) is 9.44. The SMILES string of the molecule is [2H]c1c([2H])c([2H])c2c(oc3c([2H])c([2H])c(-c4cccc(-c5c6ccccc6c(-c6c([2H])c([2H])c([2H])c7c([2H])c([2H])c([2H])c([2H])c67)c6ccccc56)c4)c([2H])c32)c1[2H]. The first-order valence-corrected chi connectivity index (χ1v) is 13.6. The summed E-state index contributed by atoms with van der Waals surface area (Å²) in [5, 5.41) is 2.36. The van der Waals surface area contributed by atoms with Crippen molar-refractivity contribution in [3.63, 3.8) is 0 Å². The van der Waals surface area contributed by atoms with Crippen molar-refractivity contribution in [2.24, 2.45) is 0 Å². The van der Waals surface area contributed by atoms with Gasteiger partial charge in [0.05, 0.1) is 19.2 Å². The minimum absolute atomic E-state index is 0.00233. The summed E-state index contributed by atoms with van der Waals surface area (Å²) in [7, 11) is 0. The highest BCUT2D eigenvalue weighted by Crippen LogP contribution is 2.45. The summed E-state index contributed by atoms with van der Waals surface area (Å²) in [6.45, 7) is 0. The topological polar surface area (TPSA) is 13.1 Å². The number of para-hydroxylation sites is 1. The Labute approximate surface area is 268 Å². The lowest BCUT2D eigenvalue weighted by Gasteiger charge is -2.19. The predicted molar refractivity (Wildman–Crippen MR) is 183 cm³/mol. The van der Waals surface area contributed by atoms with Crippen molar-refractivity contribution >= 4 is 54.3 Å². The zero-order valence-electron chi connectivity index (χ0n) is 36.3. The third-order valence-corrected chi connectivity index (χ3v) is 7.82. The van der Waals surface area contributed by atoms with Crippen molar-refractivity contribution in [3.05, 3.63) is 157 Å². The zero-order valence-corrected chi connectivity index (χ0v) is 22.3.